The predicted octanol–water partition coefficient (Wildman–Crippen LogP) is 5.53. The van der Waals surface area contributed by atoms with E-state index in [1.807, 2.05) is 30.3 Å². The summed E-state index contributed by atoms with van der Waals surface area (Å²) in [7, 11) is 0. The van der Waals surface area contributed by atoms with Gasteiger partial charge in [-0.15, -0.1) is 0 Å². The van der Waals surface area contributed by atoms with E-state index in [0.29, 0.717) is 20.7 Å². The van der Waals surface area contributed by atoms with Crippen LogP contribution in [0.1, 0.15) is 12.5 Å². The summed E-state index contributed by atoms with van der Waals surface area (Å²) in [4.78, 5) is 17.4. The van der Waals surface area contributed by atoms with Gasteiger partial charge in [0.15, 0.2) is 0 Å². The molecule has 0 saturated heterocycles. The maximum atomic E-state index is 12.3. The molecule has 0 amide bonds. The first-order chi connectivity index (χ1) is 12.6. The number of esters is 1. The number of hydrogen-bond donors (Lipinski definition) is 1. The second kappa shape index (κ2) is 8.25. The van der Waals surface area contributed by atoms with Crippen LogP contribution in [0.25, 0.3) is 6.08 Å². The molecule has 0 fully saturated rings. The van der Waals surface area contributed by atoms with Crippen LogP contribution >= 0.6 is 23.4 Å². The fourth-order valence-corrected chi connectivity index (χ4v) is 3.58. The number of hydrogen-bond acceptors (Lipinski definition) is 5. The summed E-state index contributed by atoms with van der Waals surface area (Å²) < 4.78 is 5.08. The summed E-state index contributed by atoms with van der Waals surface area (Å²) in [5, 5.41) is 11.5. The summed E-state index contributed by atoms with van der Waals surface area (Å²) >= 11 is 7.22. The molecule has 2 aromatic carbocycles. The number of rotatable bonds is 4. The van der Waals surface area contributed by atoms with Crippen LogP contribution < -0.4 is 0 Å². The van der Waals surface area contributed by atoms with Gasteiger partial charge in [0, 0.05) is 5.02 Å². The molecule has 0 bridgehead atoms. The number of carbonyl (C=O) groups excluding carboxylic acids is 1. The lowest BCUT2D eigenvalue weighted by Gasteiger charge is -2.04. The van der Waals surface area contributed by atoms with E-state index >= 15 is 0 Å². The van der Waals surface area contributed by atoms with E-state index in [1.54, 1.807) is 37.3 Å². The van der Waals surface area contributed by atoms with Crippen molar-refractivity contribution in [3.63, 3.8) is 0 Å². The first-order valence-electron chi connectivity index (χ1n) is 7.98. The molecule has 26 heavy (non-hydrogen) atoms. The van der Waals surface area contributed by atoms with Gasteiger partial charge < -0.3 is 9.84 Å². The molecule has 4 nitrogen and oxygen atoms in total. The van der Waals surface area contributed by atoms with Crippen LogP contribution in [0, 0.1) is 0 Å². The second-order valence-corrected chi connectivity index (χ2v) is 6.83. The van der Waals surface area contributed by atoms with Crippen LogP contribution in [0.4, 0.5) is 5.69 Å². The van der Waals surface area contributed by atoms with E-state index in [4.69, 9.17) is 16.3 Å². The number of aliphatic imine (C=N–C) groups is 1. The minimum absolute atomic E-state index is 0.0685. The molecule has 132 valence electrons. The summed E-state index contributed by atoms with van der Waals surface area (Å²) in [6.07, 6.45) is 1.81. The van der Waals surface area contributed by atoms with E-state index in [1.165, 1.54) is 11.8 Å². The minimum atomic E-state index is -0.602. The molecule has 0 atom stereocenters. The van der Waals surface area contributed by atoms with E-state index in [0.717, 1.165) is 5.56 Å². The monoisotopic (exact) mass is 385 g/mol. The first kappa shape index (κ1) is 18.3. The molecule has 0 radical (unpaired) electrons. The molecule has 0 aliphatic carbocycles. The third-order valence-electron chi connectivity index (χ3n) is 3.51. The lowest BCUT2D eigenvalue weighted by atomic mass is 10.1. The van der Waals surface area contributed by atoms with Crippen LogP contribution in [0.15, 0.2) is 75.8 Å². The van der Waals surface area contributed by atoms with Gasteiger partial charge in [0.05, 0.1) is 17.2 Å². The largest absolute Gasteiger partial charge is 0.506 e. The molecular formula is C20H16ClNO3S. The van der Waals surface area contributed by atoms with E-state index in [-0.39, 0.29) is 17.9 Å². The Hall–Kier alpha value is -2.50. The van der Waals surface area contributed by atoms with Gasteiger partial charge in [-0.3, -0.25) is 0 Å². The molecule has 0 aromatic heterocycles. The van der Waals surface area contributed by atoms with Crippen molar-refractivity contribution in [2.24, 2.45) is 4.99 Å². The van der Waals surface area contributed by atoms with Gasteiger partial charge in [-0.25, -0.2) is 9.79 Å². The Kier molecular flexibility index (Phi) is 5.81. The highest BCUT2D eigenvalue weighted by Gasteiger charge is 2.33. The molecule has 3 rings (SSSR count). The highest BCUT2D eigenvalue weighted by molar-refractivity contribution is 8.18. The third kappa shape index (κ3) is 4.18. The van der Waals surface area contributed by atoms with Crippen molar-refractivity contribution in [1.82, 2.24) is 0 Å². The number of nitrogens with zero attached hydrogens (tertiary/aromatic N) is 1. The SMILES string of the molecule is CCOC(=O)C1=C(O)/C(=C/c2ccccc2)SC1=Nc1cccc(Cl)c1. The molecule has 0 unspecified atom stereocenters. The molecule has 1 aliphatic rings. The molecule has 1 N–H and O–H groups in total. The fourth-order valence-electron chi connectivity index (χ4n) is 2.36. The Morgan fingerprint density at radius 2 is 2.00 bits per heavy atom. The van der Waals surface area contributed by atoms with Crippen molar-refractivity contribution < 1.29 is 14.6 Å². The van der Waals surface area contributed by atoms with Crippen LogP contribution in [0.3, 0.4) is 0 Å². The Labute approximate surface area is 160 Å². The van der Waals surface area contributed by atoms with Gasteiger partial charge in [-0.1, -0.05) is 59.8 Å². The van der Waals surface area contributed by atoms with Crippen molar-refractivity contribution >= 4 is 46.1 Å². The number of halogens is 1. The molecule has 6 heteroatoms. The van der Waals surface area contributed by atoms with Gasteiger partial charge in [-0.05, 0) is 36.8 Å². The average Bonchev–Trinajstić information content (AvgIpc) is 2.91. The maximum Gasteiger partial charge on any atom is 0.344 e. The lowest BCUT2D eigenvalue weighted by Crippen LogP contribution is -2.12. The number of carbonyl (C=O) groups is 1. The lowest BCUT2D eigenvalue weighted by molar-refractivity contribution is -0.138. The van der Waals surface area contributed by atoms with Crippen molar-refractivity contribution in [2.45, 2.75) is 6.92 Å². The van der Waals surface area contributed by atoms with Crippen molar-refractivity contribution in [3.8, 4) is 0 Å². The molecule has 0 saturated carbocycles. The van der Waals surface area contributed by atoms with Gasteiger partial charge in [-0.2, -0.15) is 0 Å². The van der Waals surface area contributed by atoms with Crippen LogP contribution in [0.5, 0.6) is 0 Å². The van der Waals surface area contributed by atoms with Crippen LogP contribution in [-0.2, 0) is 9.53 Å². The van der Waals surface area contributed by atoms with E-state index in [2.05, 4.69) is 4.99 Å². The zero-order valence-corrected chi connectivity index (χ0v) is 15.6. The van der Waals surface area contributed by atoms with Gasteiger partial charge >= 0.3 is 5.97 Å². The van der Waals surface area contributed by atoms with Gasteiger partial charge in [0.1, 0.15) is 16.4 Å². The summed E-state index contributed by atoms with van der Waals surface area (Å²) in [6.45, 7) is 1.93. The summed E-state index contributed by atoms with van der Waals surface area (Å²) in [5.41, 5.74) is 1.57. The summed E-state index contributed by atoms with van der Waals surface area (Å²) in [5.74, 6) is -0.729. The molecule has 1 heterocycles. The number of ether oxygens (including phenoxy) is 1. The minimum Gasteiger partial charge on any atom is -0.506 e. The maximum absolute atomic E-state index is 12.3. The number of aliphatic hydroxyl groups is 1. The smallest absolute Gasteiger partial charge is 0.344 e. The van der Waals surface area contributed by atoms with Crippen molar-refractivity contribution in [3.05, 3.63) is 81.4 Å². The van der Waals surface area contributed by atoms with E-state index in [9.17, 15) is 9.90 Å². The van der Waals surface area contributed by atoms with Crippen molar-refractivity contribution in [2.75, 3.05) is 6.61 Å². The number of aliphatic hydroxyl groups excluding tert-OH is 1. The Morgan fingerprint density at radius 3 is 2.69 bits per heavy atom. The number of benzene rings is 2. The Morgan fingerprint density at radius 1 is 1.23 bits per heavy atom. The molecule has 0 spiro atoms. The second-order valence-electron chi connectivity index (χ2n) is 5.36. The quantitative estimate of drug-likeness (QED) is 0.702. The van der Waals surface area contributed by atoms with Gasteiger partial charge in [0.25, 0.3) is 0 Å². The Bertz CT molecular complexity index is 920. The fraction of sp³-hybridized carbons (Fsp3) is 0.100. The predicted molar refractivity (Wildman–Crippen MR) is 107 cm³/mol. The third-order valence-corrected chi connectivity index (χ3v) is 4.76. The molecular weight excluding hydrogens is 370 g/mol. The molecule has 2 aromatic rings. The van der Waals surface area contributed by atoms with Crippen LogP contribution in [-0.4, -0.2) is 22.7 Å². The van der Waals surface area contributed by atoms with E-state index < -0.39 is 5.97 Å². The van der Waals surface area contributed by atoms with Gasteiger partial charge in [0.2, 0.25) is 0 Å². The highest BCUT2D eigenvalue weighted by Crippen LogP contribution is 2.40. The zero-order valence-electron chi connectivity index (χ0n) is 14.0. The highest BCUT2D eigenvalue weighted by atomic mass is 35.5. The van der Waals surface area contributed by atoms with Crippen LogP contribution in [0.2, 0.25) is 5.02 Å². The zero-order chi connectivity index (χ0) is 18.5. The number of thioether (sulfide) groups is 1. The molecule has 1 aliphatic heterocycles. The average molecular weight is 386 g/mol. The Balaban J connectivity index is 2.04. The topological polar surface area (TPSA) is 58.9 Å². The normalized spacial score (nSPS) is 17.2. The standard InChI is InChI=1S/C20H16ClNO3S/c1-2-25-20(24)17-18(23)16(11-13-7-4-3-5-8-13)26-19(17)22-15-10-6-9-14(21)12-15/h3-12,23H,2H2,1H3/b16-11-,22-19?. The first-order valence-corrected chi connectivity index (χ1v) is 9.18. The summed E-state index contributed by atoms with van der Waals surface area (Å²) in [6, 6.07) is 16.5. The van der Waals surface area contributed by atoms with Crippen molar-refractivity contribution in [1.29, 1.82) is 0 Å².